The van der Waals surface area contributed by atoms with Gasteiger partial charge in [0.05, 0.1) is 18.2 Å². The lowest BCUT2D eigenvalue weighted by Crippen LogP contribution is -2.31. The molecule has 2 aromatic rings. The third kappa shape index (κ3) is 4.92. The molecule has 0 aliphatic heterocycles. The second-order valence-corrected chi connectivity index (χ2v) is 6.64. The van der Waals surface area contributed by atoms with Crippen molar-refractivity contribution >= 4 is 29.4 Å². The molecule has 0 spiro atoms. The summed E-state index contributed by atoms with van der Waals surface area (Å²) in [5.74, 6) is -1.71. The Morgan fingerprint density at radius 1 is 1.14 bits per heavy atom. The van der Waals surface area contributed by atoms with Crippen LogP contribution in [0.1, 0.15) is 57.6 Å². The summed E-state index contributed by atoms with van der Waals surface area (Å²) in [6.45, 7) is 6.53. The van der Waals surface area contributed by atoms with E-state index in [1.807, 2.05) is 6.07 Å². The summed E-state index contributed by atoms with van der Waals surface area (Å²) < 4.78 is 10.1. The monoisotopic (exact) mass is 406 g/mol. The molecule has 0 radical (unpaired) electrons. The van der Waals surface area contributed by atoms with E-state index < -0.39 is 24.5 Å². The van der Waals surface area contributed by atoms with Crippen molar-refractivity contribution in [2.45, 2.75) is 33.7 Å². The minimum absolute atomic E-state index is 0.118. The van der Waals surface area contributed by atoms with Gasteiger partial charge in [0.1, 0.15) is 5.69 Å². The minimum Gasteiger partial charge on any atom is -0.462 e. The van der Waals surface area contributed by atoms with E-state index in [2.05, 4.69) is 10.3 Å². The summed E-state index contributed by atoms with van der Waals surface area (Å²) in [7, 11) is 0. The molecule has 0 aliphatic carbocycles. The van der Waals surface area contributed by atoms with Crippen LogP contribution in [0.2, 0.25) is 5.02 Å². The van der Waals surface area contributed by atoms with Gasteiger partial charge in [0, 0.05) is 10.7 Å². The smallest absolute Gasteiger partial charge is 0.355 e. The van der Waals surface area contributed by atoms with Crippen LogP contribution in [0.3, 0.4) is 0 Å². The predicted octanol–water partition coefficient (Wildman–Crippen LogP) is 3.50. The average molecular weight is 407 g/mol. The van der Waals surface area contributed by atoms with Crippen LogP contribution in [0.5, 0.6) is 0 Å². The Kier molecular flexibility index (Phi) is 7.23. The highest BCUT2D eigenvalue weighted by molar-refractivity contribution is 6.31. The second kappa shape index (κ2) is 9.41. The Balaban J connectivity index is 1.98. The fourth-order valence-corrected chi connectivity index (χ4v) is 3.15. The lowest BCUT2D eigenvalue weighted by molar-refractivity contribution is -0.124. The number of carbonyl (C=O) groups excluding carboxylic acids is 3. The van der Waals surface area contributed by atoms with Gasteiger partial charge in [-0.25, -0.2) is 9.59 Å². The van der Waals surface area contributed by atoms with E-state index in [1.165, 1.54) is 0 Å². The van der Waals surface area contributed by atoms with Gasteiger partial charge in [-0.2, -0.15) is 0 Å². The van der Waals surface area contributed by atoms with E-state index in [4.69, 9.17) is 21.1 Å². The van der Waals surface area contributed by atoms with Gasteiger partial charge in [0.15, 0.2) is 6.61 Å². The van der Waals surface area contributed by atoms with E-state index >= 15 is 0 Å². The normalized spacial score (nSPS) is 11.6. The first-order valence-electron chi connectivity index (χ1n) is 8.83. The van der Waals surface area contributed by atoms with E-state index in [0.29, 0.717) is 21.8 Å². The number of aromatic nitrogens is 1. The standard InChI is InChI=1S/C20H23ClN2O5/c1-5-27-19(25)17-11(2)18(23-13(17)4)20(26)28-10-16(24)22-12(3)14-8-6-7-9-15(14)21/h6-9,12,23H,5,10H2,1-4H3,(H,22,24)/t12-/m1/s1. The van der Waals surface area contributed by atoms with Crippen LogP contribution in [-0.2, 0) is 14.3 Å². The Morgan fingerprint density at radius 2 is 1.82 bits per heavy atom. The molecule has 1 aromatic heterocycles. The van der Waals surface area contributed by atoms with E-state index in [9.17, 15) is 14.4 Å². The highest BCUT2D eigenvalue weighted by Gasteiger charge is 2.24. The quantitative estimate of drug-likeness (QED) is 0.686. The summed E-state index contributed by atoms with van der Waals surface area (Å²) in [4.78, 5) is 39.3. The molecule has 28 heavy (non-hydrogen) atoms. The van der Waals surface area contributed by atoms with Crippen LogP contribution >= 0.6 is 11.6 Å². The molecule has 2 rings (SSSR count). The molecule has 0 unspecified atom stereocenters. The second-order valence-electron chi connectivity index (χ2n) is 6.23. The van der Waals surface area contributed by atoms with Gasteiger partial charge in [0.25, 0.3) is 5.91 Å². The highest BCUT2D eigenvalue weighted by Crippen LogP contribution is 2.22. The molecular formula is C20H23ClN2O5. The SMILES string of the molecule is CCOC(=O)c1c(C)[nH]c(C(=O)OCC(=O)N[C@H](C)c2ccccc2Cl)c1C. The first-order chi connectivity index (χ1) is 13.3. The Hall–Kier alpha value is -2.80. The fourth-order valence-electron chi connectivity index (χ4n) is 2.85. The van der Waals surface area contributed by atoms with Gasteiger partial charge in [-0.3, -0.25) is 4.79 Å². The zero-order valence-electron chi connectivity index (χ0n) is 16.2. The Bertz CT molecular complexity index is 891. The van der Waals surface area contributed by atoms with Crippen LogP contribution in [0.25, 0.3) is 0 Å². The molecule has 0 aliphatic rings. The molecule has 1 heterocycles. The predicted molar refractivity (Wildman–Crippen MR) is 105 cm³/mol. The number of aryl methyl sites for hydroxylation is 1. The number of hydrogen-bond acceptors (Lipinski definition) is 5. The van der Waals surface area contributed by atoms with Crippen molar-refractivity contribution in [2.24, 2.45) is 0 Å². The van der Waals surface area contributed by atoms with Crippen molar-refractivity contribution in [3.63, 3.8) is 0 Å². The Labute approximate surface area is 168 Å². The number of aromatic amines is 1. The number of H-pyrrole nitrogens is 1. The molecule has 150 valence electrons. The van der Waals surface area contributed by atoms with Crippen molar-refractivity contribution in [1.29, 1.82) is 0 Å². The van der Waals surface area contributed by atoms with Crippen molar-refractivity contribution in [3.8, 4) is 0 Å². The maximum atomic E-state index is 12.3. The largest absolute Gasteiger partial charge is 0.462 e. The highest BCUT2D eigenvalue weighted by atomic mass is 35.5. The fraction of sp³-hybridized carbons (Fsp3) is 0.350. The summed E-state index contributed by atoms with van der Waals surface area (Å²) in [6, 6.07) is 6.82. The summed E-state index contributed by atoms with van der Waals surface area (Å²) >= 11 is 6.11. The molecule has 0 bridgehead atoms. The lowest BCUT2D eigenvalue weighted by atomic mass is 10.1. The van der Waals surface area contributed by atoms with Crippen LogP contribution < -0.4 is 5.32 Å². The number of amides is 1. The van der Waals surface area contributed by atoms with Crippen LogP contribution in [0, 0.1) is 13.8 Å². The van der Waals surface area contributed by atoms with Crippen molar-refractivity contribution in [2.75, 3.05) is 13.2 Å². The van der Waals surface area contributed by atoms with Crippen molar-refractivity contribution in [1.82, 2.24) is 10.3 Å². The summed E-state index contributed by atoms with van der Waals surface area (Å²) in [5, 5.41) is 3.26. The van der Waals surface area contributed by atoms with Crippen molar-refractivity contribution < 1.29 is 23.9 Å². The number of halogens is 1. The zero-order chi connectivity index (χ0) is 20.8. The van der Waals surface area contributed by atoms with Gasteiger partial charge < -0.3 is 19.8 Å². The summed E-state index contributed by atoms with van der Waals surface area (Å²) in [6.07, 6.45) is 0. The molecule has 1 amide bonds. The van der Waals surface area contributed by atoms with Gasteiger partial charge in [-0.05, 0) is 44.9 Å². The lowest BCUT2D eigenvalue weighted by Gasteiger charge is -2.15. The number of benzene rings is 1. The van der Waals surface area contributed by atoms with E-state index in [0.717, 1.165) is 5.56 Å². The number of rotatable bonds is 7. The molecule has 0 saturated carbocycles. The summed E-state index contributed by atoms with van der Waals surface area (Å²) in [5.41, 5.74) is 2.10. The van der Waals surface area contributed by atoms with Crippen LogP contribution in [0.4, 0.5) is 0 Å². The molecule has 1 atom stereocenters. The maximum absolute atomic E-state index is 12.3. The zero-order valence-corrected chi connectivity index (χ0v) is 17.0. The minimum atomic E-state index is -0.725. The van der Waals surface area contributed by atoms with E-state index in [1.54, 1.807) is 45.9 Å². The van der Waals surface area contributed by atoms with Crippen LogP contribution in [0.15, 0.2) is 24.3 Å². The third-order valence-electron chi connectivity index (χ3n) is 4.20. The number of hydrogen-bond donors (Lipinski definition) is 2. The van der Waals surface area contributed by atoms with E-state index in [-0.39, 0.29) is 18.3 Å². The third-order valence-corrected chi connectivity index (χ3v) is 4.55. The molecule has 7 nitrogen and oxygen atoms in total. The Morgan fingerprint density at radius 3 is 2.46 bits per heavy atom. The maximum Gasteiger partial charge on any atom is 0.355 e. The van der Waals surface area contributed by atoms with Gasteiger partial charge in [0.2, 0.25) is 0 Å². The number of ether oxygens (including phenoxy) is 2. The topological polar surface area (TPSA) is 97.5 Å². The first kappa shape index (κ1) is 21.5. The molecule has 8 heteroatoms. The first-order valence-corrected chi connectivity index (χ1v) is 9.21. The van der Waals surface area contributed by atoms with Gasteiger partial charge >= 0.3 is 11.9 Å². The van der Waals surface area contributed by atoms with Gasteiger partial charge in [-0.1, -0.05) is 29.8 Å². The van der Waals surface area contributed by atoms with Gasteiger partial charge in [-0.15, -0.1) is 0 Å². The average Bonchev–Trinajstić information content (AvgIpc) is 2.94. The molecule has 0 fully saturated rings. The molecule has 0 saturated heterocycles. The number of carbonyl (C=O) groups is 3. The number of nitrogens with one attached hydrogen (secondary N) is 2. The molecule has 2 N–H and O–H groups in total. The van der Waals surface area contributed by atoms with Crippen LogP contribution in [-0.4, -0.2) is 36.0 Å². The van der Waals surface area contributed by atoms with Crippen molar-refractivity contribution in [3.05, 3.63) is 57.4 Å². The molecule has 1 aromatic carbocycles. The molecular weight excluding hydrogens is 384 g/mol. The number of esters is 2.